The molecule has 0 saturated carbocycles. The summed E-state index contributed by atoms with van der Waals surface area (Å²) >= 11 is 5.71. The zero-order valence-corrected chi connectivity index (χ0v) is 7.21. The number of alkyl halides is 1. The fourth-order valence-electron chi connectivity index (χ4n) is 0.782. The van der Waals surface area contributed by atoms with Crippen LogP contribution in [0.5, 0.6) is 0 Å². The van der Waals surface area contributed by atoms with E-state index in [-0.39, 0.29) is 6.42 Å². The lowest BCUT2D eigenvalue weighted by Crippen LogP contribution is -2.00. The topological polar surface area (TPSA) is 63.3 Å². The van der Waals surface area contributed by atoms with E-state index in [1.807, 2.05) is 0 Å². The van der Waals surface area contributed by atoms with Crippen molar-refractivity contribution in [1.82, 2.24) is 4.98 Å². The van der Waals surface area contributed by atoms with Crippen LogP contribution in [-0.2, 0) is 4.79 Å². The van der Waals surface area contributed by atoms with Crippen molar-refractivity contribution in [3.8, 4) is 0 Å². The molecule has 1 rings (SSSR count). The molecule has 0 fully saturated rings. The molecule has 12 heavy (non-hydrogen) atoms. The normalized spacial score (nSPS) is 12.8. The van der Waals surface area contributed by atoms with E-state index >= 15 is 0 Å². The smallest absolute Gasteiger partial charge is 0.305 e. The third-order valence-electron chi connectivity index (χ3n) is 1.31. The molecule has 1 heterocycles. The molecule has 0 amide bonds. The molecule has 1 aromatic rings. The average Bonchev–Trinajstić information content (AvgIpc) is 2.34. The van der Waals surface area contributed by atoms with E-state index in [2.05, 4.69) is 4.98 Å². The van der Waals surface area contributed by atoms with Crippen LogP contribution in [0.4, 0.5) is 0 Å². The fraction of sp³-hybridized carbons (Fsp3) is 0.429. The van der Waals surface area contributed by atoms with Crippen LogP contribution in [0.2, 0.25) is 0 Å². The Balaban J connectivity index is 2.64. The molecule has 0 aliphatic heterocycles. The molecule has 0 bridgehead atoms. The van der Waals surface area contributed by atoms with E-state index < -0.39 is 11.3 Å². The number of carboxylic acid groups (broad SMARTS) is 1. The van der Waals surface area contributed by atoms with Crippen LogP contribution < -0.4 is 0 Å². The number of aromatic nitrogens is 1. The number of hydrogen-bond acceptors (Lipinski definition) is 3. The van der Waals surface area contributed by atoms with Crippen molar-refractivity contribution in [2.75, 3.05) is 0 Å². The number of aryl methyl sites for hydroxylation is 1. The van der Waals surface area contributed by atoms with Gasteiger partial charge in [0.2, 0.25) is 0 Å². The highest BCUT2D eigenvalue weighted by molar-refractivity contribution is 6.21. The third-order valence-corrected chi connectivity index (χ3v) is 1.69. The Morgan fingerprint density at radius 1 is 1.92 bits per heavy atom. The van der Waals surface area contributed by atoms with Crippen LogP contribution >= 0.6 is 11.6 Å². The van der Waals surface area contributed by atoms with Gasteiger partial charge in [-0.1, -0.05) is 0 Å². The van der Waals surface area contributed by atoms with Crippen molar-refractivity contribution >= 4 is 17.6 Å². The highest BCUT2D eigenvalue weighted by atomic mass is 35.5. The van der Waals surface area contributed by atoms with Crippen molar-refractivity contribution < 1.29 is 14.3 Å². The second-order valence-corrected chi connectivity index (χ2v) is 2.88. The summed E-state index contributed by atoms with van der Waals surface area (Å²) in [6.45, 7) is 1.67. The van der Waals surface area contributed by atoms with Gasteiger partial charge in [-0.25, -0.2) is 4.98 Å². The summed E-state index contributed by atoms with van der Waals surface area (Å²) < 4.78 is 4.88. The minimum atomic E-state index is -0.948. The van der Waals surface area contributed by atoms with Gasteiger partial charge in [-0.2, -0.15) is 0 Å². The minimum absolute atomic E-state index is 0.145. The summed E-state index contributed by atoms with van der Waals surface area (Å²) in [5, 5.41) is 7.80. The number of carboxylic acids is 1. The highest BCUT2D eigenvalue weighted by Gasteiger charge is 2.15. The number of carbonyl (C=O) groups is 1. The number of oxazole rings is 1. The molecule has 1 unspecified atom stereocenters. The Morgan fingerprint density at radius 2 is 2.58 bits per heavy atom. The molecular weight excluding hydrogens is 182 g/mol. The van der Waals surface area contributed by atoms with Crippen molar-refractivity contribution in [1.29, 1.82) is 0 Å². The standard InChI is InChI=1S/C7H8ClNO3/c1-4-9-6(3-12-4)5(8)2-7(10)11/h3,5H,2H2,1H3,(H,10,11). The number of hydrogen-bond donors (Lipinski definition) is 1. The second-order valence-electron chi connectivity index (χ2n) is 2.36. The molecule has 0 aliphatic rings. The molecule has 5 heteroatoms. The first-order chi connectivity index (χ1) is 5.59. The molecule has 4 nitrogen and oxygen atoms in total. The molecule has 1 N–H and O–H groups in total. The van der Waals surface area contributed by atoms with Crippen molar-refractivity contribution in [2.24, 2.45) is 0 Å². The maximum absolute atomic E-state index is 10.2. The molecular formula is C7H8ClNO3. The van der Waals surface area contributed by atoms with Crippen LogP contribution in [0, 0.1) is 6.92 Å². The zero-order chi connectivity index (χ0) is 9.14. The Morgan fingerprint density at radius 3 is 3.00 bits per heavy atom. The Hall–Kier alpha value is -1.03. The summed E-state index contributed by atoms with van der Waals surface area (Å²) in [5.74, 6) is -0.461. The Labute approximate surface area is 74.2 Å². The van der Waals surface area contributed by atoms with Gasteiger partial charge < -0.3 is 9.52 Å². The molecule has 0 spiro atoms. The van der Waals surface area contributed by atoms with E-state index in [9.17, 15) is 4.79 Å². The summed E-state index contributed by atoms with van der Waals surface area (Å²) in [6.07, 6.45) is 1.23. The predicted molar refractivity (Wildman–Crippen MR) is 42.1 cm³/mol. The predicted octanol–water partition coefficient (Wildman–Crippen LogP) is 1.74. The molecule has 0 saturated heterocycles. The molecule has 0 radical (unpaired) electrons. The number of rotatable bonds is 3. The third kappa shape index (κ3) is 2.23. The lowest BCUT2D eigenvalue weighted by molar-refractivity contribution is -0.137. The van der Waals surface area contributed by atoms with Crippen LogP contribution in [0.15, 0.2) is 10.7 Å². The van der Waals surface area contributed by atoms with Gasteiger partial charge in [-0.05, 0) is 0 Å². The number of aliphatic carboxylic acids is 1. The lowest BCUT2D eigenvalue weighted by atomic mass is 10.2. The summed E-state index contributed by atoms with van der Waals surface area (Å²) in [5.41, 5.74) is 0.469. The summed E-state index contributed by atoms with van der Waals surface area (Å²) in [7, 11) is 0. The lowest BCUT2D eigenvalue weighted by Gasteiger charge is -1.99. The molecule has 0 aliphatic carbocycles. The van der Waals surface area contributed by atoms with Crippen molar-refractivity contribution in [3.05, 3.63) is 17.8 Å². The zero-order valence-electron chi connectivity index (χ0n) is 6.45. The summed E-state index contributed by atoms with van der Waals surface area (Å²) in [6, 6.07) is 0. The van der Waals surface area contributed by atoms with Gasteiger partial charge in [0.1, 0.15) is 6.26 Å². The highest BCUT2D eigenvalue weighted by Crippen LogP contribution is 2.22. The molecule has 0 aromatic carbocycles. The minimum Gasteiger partial charge on any atom is -0.481 e. The maximum Gasteiger partial charge on any atom is 0.305 e. The van der Waals surface area contributed by atoms with Crippen LogP contribution in [-0.4, -0.2) is 16.1 Å². The Bertz CT molecular complexity index is 284. The fourth-order valence-corrected chi connectivity index (χ4v) is 1.01. The van der Waals surface area contributed by atoms with Crippen LogP contribution in [0.3, 0.4) is 0 Å². The first-order valence-electron chi connectivity index (χ1n) is 3.37. The second kappa shape index (κ2) is 3.58. The molecule has 1 atom stereocenters. The van der Waals surface area contributed by atoms with Gasteiger partial charge in [0, 0.05) is 6.92 Å². The maximum atomic E-state index is 10.2. The average molecular weight is 190 g/mol. The molecule has 1 aromatic heterocycles. The quantitative estimate of drug-likeness (QED) is 0.736. The van der Waals surface area contributed by atoms with E-state index in [0.717, 1.165) is 0 Å². The van der Waals surface area contributed by atoms with Gasteiger partial charge in [0.15, 0.2) is 5.89 Å². The van der Waals surface area contributed by atoms with Crippen molar-refractivity contribution in [2.45, 2.75) is 18.7 Å². The molecule has 66 valence electrons. The monoisotopic (exact) mass is 189 g/mol. The largest absolute Gasteiger partial charge is 0.481 e. The van der Waals surface area contributed by atoms with E-state index in [1.165, 1.54) is 6.26 Å². The first kappa shape index (κ1) is 9.06. The summed E-state index contributed by atoms with van der Waals surface area (Å²) in [4.78, 5) is 14.1. The van der Waals surface area contributed by atoms with Gasteiger partial charge in [-0.3, -0.25) is 4.79 Å². The van der Waals surface area contributed by atoms with E-state index in [0.29, 0.717) is 11.6 Å². The SMILES string of the molecule is Cc1nc(C(Cl)CC(=O)O)co1. The first-order valence-corrected chi connectivity index (χ1v) is 3.81. The van der Waals surface area contributed by atoms with Crippen LogP contribution in [0.25, 0.3) is 0 Å². The van der Waals surface area contributed by atoms with Gasteiger partial charge in [0.05, 0.1) is 17.5 Å². The number of halogens is 1. The van der Waals surface area contributed by atoms with Crippen molar-refractivity contribution in [3.63, 3.8) is 0 Å². The number of nitrogens with zero attached hydrogens (tertiary/aromatic N) is 1. The van der Waals surface area contributed by atoms with Gasteiger partial charge >= 0.3 is 5.97 Å². The Kier molecular flexibility index (Phi) is 2.70. The van der Waals surface area contributed by atoms with Crippen LogP contribution in [0.1, 0.15) is 23.4 Å². The van der Waals surface area contributed by atoms with E-state index in [4.69, 9.17) is 21.1 Å². The van der Waals surface area contributed by atoms with E-state index in [1.54, 1.807) is 6.92 Å². The van der Waals surface area contributed by atoms with Gasteiger partial charge in [-0.15, -0.1) is 11.6 Å². The van der Waals surface area contributed by atoms with Gasteiger partial charge in [0.25, 0.3) is 0 Å².